The molecule has 1 aromatic heterocycles. The molecule has 4 nitrogen and oxygen atoms in total. The lowest BCUT2D eigenvalue weighted by atomic mass is 10.0. The fourth-order valence-corrected chi connectivity index (χ4v) is 3.49. The van der Waals surface area contributed by atoms with Crippen molar-refractivity contribution in [2.45, 2.75) is 24.9 Å². The number of nitrogens with zero attached hydrogens (tertiary/aromatic N) is 1. The van der Waals surface area contributed by atoms with Gasteiger partial charge in [0, 0.05) is 11.9 Å². The average molecular weight is 394 g/mol. The molecule has 0 aliphatic heterocycles. The van der Waals surface area contributed by atoms with Gasteiger partial charge in [-0.1, -0.05) is 17.2 Å². The van der Waals surface area contributed by atoms with Crippen LogP contribution in [0.4, 0.5) is 13.2 Å². The Hall–Kier alpha value is -2.58. The smallest absolute Gasteiger partial charge is 0.316 e. The summed E-state index contributed by atoms with van der Waals surface area (Å²) in [5.41, 5.74) is 2.46. The summed E-state index contributed by atoms with van der Waals surface area (Å²) < 4.78 is 64.0. The van der Waals surface area contributed by atoms with Crippen LogP contribution in [0.5, 0.6) is 0 Å². The Kier molecular flexibility index (Phi) is 4.65. The molecule has 0 atom stereocenters. The maximum absolute atomic E-state index is 13.3. The van der Waals surface area contributed by atoms with Gasteiger partial charge in [-0.3, -0.25) is 0 Å². The van der Waals surface area contributed by atoms with Crippen LogP contribution in [0.2, 0.25) is 0 Å². The molecular weight excluding hydrogens is 377 g/mol. The van der Waals surface area contributed by atoms with Gasteiger partial charge in [-0.15, -0.1) is 0 Å². The number of rotatable bonds is 3. The molecule has 0 saturated carbocycles. The van der Waals surface area contributed by atoms with Crippen molar-refractivity contribution in [3.05, 3.63) is 71.4 Å². The summed E-state index contributed by atoms with van der Waals surface area (Å²) in [7, 11) is -3.88. The summed E-state index contributed by atoms with van der Waals surface area (Å²) >= 11 is 0. The number of hydrogen-bond donors (Lipinski definition) is 1. The fraction of sp³-hybridized carbons (Fsp3) is 0.158. The van der Waals surface area contributed by atoms with Crippen LogP contribution in [-0.2, 0) is 16.2 Å². The van der Waals surface area contributed by atoms with Crippen LogP contribution in [0, 0.1) is 13.8 Å². The van der Waals surface area contributed by atoms with E-state index < -0.39 is 21.8 Å². The van der Waals surface area contributed by atoms with Gasteiger partial charge in [-0.2, -0.15) is 13.2 Å². The lowest BCUT2D eigenvalue weighted by Crippen LogP contribution is -2.12. The molecule has 0 aliphatic carbocycles. The van der Waals surface area contributed by atoms with E-state index in [0.29, 0.717) is 16.9 Å². The van der Waals surface area contributed by atoms with E-state index in [4.69, 9.17) is 5.14 Å². The number of halogens is 3. The molecule has 27 heavy (non-hydrogen) atoms. The first-order chi connectivity index (χ1) is 12.4. The third kappa shape index (κ3) is 4.06. The van der Waals surface area contributed by atoms with Crippen molar-refractivity contribution in [3.8, 4) is 16.9 Å². The van der Waals surface area contributed by atoms with Crippen LogP contribution in [0.1, 0.15) is 16.7 Å². The molecule has 3 aromatic rings. The Morgan fingerprint density at radius 1 is 0.926 bits per heavy atom. The minimum absolute atomic E-state index is 0.109. The van der Waals surface area contributed by atoms with Gasteiger partial charge in [0.2, 0.25) is 10.0 Å². The summed E-state index contributed by atoms with van der Waals surface area (Å²) in [4.78, 5) is -0.109. The Balaban J connectivity index is 2.21. The highest BCUT2D eigenvalue weighted by atomic mass is 32.2. The zero-order valence-corrected chi connectivity index (χ0v) is 15.4. The van der Waals surface area contributed by atoms with Crippen molar-refractivity contribution in [3.63, 3.8) is 0 Å². The monoisotopic (exact) mass is 394 g/mol. The van der Waals surface area contributed by atoms with E-state index in [9.17, 15) is 21.6 Å². The second-order valence-corrected chi connectivity index (χ2v) is 7.96. The highest BCUT2D eigenvalue weighted by Gasteiger charge is 2.33. The van der Waals surface area contributed by atoms with Gasteiger partial charge in [0.15, 0.2) is 0 Å². The third-order valence-electron chi connectivity index (χ3n) is 4.11. The zero-order chi connectivity index (χ0) is 20.0. The predicted molar refractivity (Wildman–Crippen MR) is 97.1 cm³/mol. The number of benzene rings is 2. The van der Waals surface area contributed by atoms with Crippen LogP contribution in [0.3, 0.4) is 0 Å². The molecule has 0 spiro atoms. The van der Waals surface area contributed by atoms with E-state index >= 15 is 0 Å². The average Bonchev–Trinajstić information content (AvgIpc) is 2.99. The molecule has 0 radical (unpaired) electrons. The van der Waals surface area contributed by atoms with Gasteiger partial charge >= 0.3 is 6.18 Å². The normalized spacial score (nSPS) is 12.4. The van der Waals surface area contributed by atoms with Crippen LogP contribution in [0.25, 0.3) is 16.9 Å². The number of aryl methyl sites for hydroxylation is 2. The highest BCUT2D eigenvalue weighted by molar-refractivity contribution is 7.89. The largest absolute Gasteiger partial charge is 0.417 e. The van der Waals surface area contributed by atoms with Gasteiger partial charge in [0.05, 0.1) is 16.2 Å². The molecule has 0 bridgehead atoms. The molecule has 0 saturated heterocycles. The molecule has 0 aliphatic rings. The molecule has 0 amide bonds. The van der Waals surface area contributed by atoms with Crippen LogP contribution in [-0.4, -0.2) is 13.0 Å². The van der Waals surface area contributed by atoms with Crippen molar-refractivity contribution in [2.75, 3.05) is 0 Å². The molecule has 3 rings (SSSR count). The Morgan fingerprint density at radius 3 is 1.96 bits per heavy atom. The first kappa shape index (κ1) is 19.2. The molecule has 2 N–H and O–H groups in total. The molecule has 0 fully saturated rings. The quantitative estimate of drug-likeness (QED) is 0.714. The van der Waals surface area contributed by atoms with Crippen molar-refractivity contribution in [2.24, 2.45) is 5.14 Å². The van der Waals surface area contributed by atoms with Crippen LogP contribution in [0.15, 0.2) is 59.6 Å². The molecule has 142 valence electrons. The maximum atomic E-state index is 13.3. The van der Waals surface area contributed by atoms with Crippen molar-refractivity contribution in [1.29, 1.82) is 0 Å². The maximum Gasteiger partial charge on any atom is 0.417 e. The molecule has 0 unspecified atom stereocenters. The lowest BCUT2D eigenvalue weighted by Gasteiger charge is -2.11. The molecule has 1 heterocycles. The van der Waals surface area contributed by atoms with E-state index in [1.807, 2.05) is 19.9 Å². The Labute approximate surface area is 155 Å². The van der Waals surface area contributed by atoms with Crippen molar-refractivity contribution >= 4 is 10.0 Å². The second kappa shape index (κ2) is 6.54. The number of hydrogen-bond acceptors (Lipinski definition) is 2. The first-order valence-electron chi connectivity index (χ1n) is 7.96. The van der Waals surface area contributed by atoms with Gasteiger partial charge in [0.25, 0.3) is 0 Å². The minimum atomic E-state index is -4.50. The van der Waals surface area contributed by atoms with Gasteiger partial charge < -0.3 is 4.57 Å². The van der Waals surface area contributed by atoms with Crippen LogP contribution >= 0.6 is 0 Å². The SMILES string of the molecule is Cc1cc(C)cc(-c2cc(C(F)(F)F)cn2-c2ccc(S(N)(=O)=O)cc2)c1. The van der Waals surface area contributed by atoms with E-state index in [0.717, 1.165) is 23.4 Å². The molecule has 8 heteroatoms. The fourth-order valence-electron chi connectivity index (χ4n) is 2.97. The van der Waals surface area contributed by atoms with Crippen molar-refractivity contribution in [1.82, 2.24) is 4.57 Å². The number of sulfonamides is 1. The summed E-state index contributed by atoms with van der Waals surface area (Å²) in [6.45, 7) is 3.74. The summed E-state index contributed by atoms with van der Waals surface area (Å²) in [5, 5.41) is 5.08. The standard InChI is InChI=1S/C19H17F3N2O2S/c1-12-7-13(2)9-14(8-12)18-10-15(19(20,21)22)11-24(18)16-3-5-17(6-4-16)27(23,25)26/h3-11H,1-2H3,(H2,23,25,26). The number of primary sulfonamides is 1. The predicted octanol–water partition coefficient (Wildman–Crippen LogP) is 4.43. The highest BCUT2D eigenvalue weighted by Crippen LogP contribution is 2.36. The summed E-state index contributed by atoms with van der Waals surface area (Å²) in [6, 6.07) is 12.0. The van der Waals surface area contributed by atoms with E-state index in [1.54, 1.807) is 12.1 Å². The Morgan fingerprint density at radius 2 is 1.48 bits per heavy atom. The Bertz CT molecular complexity index is 1080. The van der Waals surface area contributed by atoms with Crippen molar-refractivity contribution < 1.29 is 21.6 Å². The topological polar surface area (TPSA) is 65.1 Å². The van der Waals surface area contributed by atoms with Gasteiger partial charge in [-0.25, -0.2) is 13.6 Å². The number of aromatic nitrogens is 1. The second-order valence-electron chi connectivity index (χ2n) is 6.40. The molecular formula is C19H17F3N2O2S. The first-order valence-corrected chi connectivity index (χ1v) is 9.51. The summed E-state index contributed by atoms with van der Waals surface area (Å²) in [6.07, 6.45) is -3.50. The van der Waals surface area contributed by atoms with Gasteiger partial charge in [-0.05, 0) is 61.9 Å². The lowest BCUT2D eigenvalue weighted by molar-refractivity contribution is -0.137. The number of nitrogens with two attached hydrogens (primary N) is 1. The van der Waals surface area contributed by atoms with E-state index in [1.165, 1.54) is 28.8 Å². The third-order valence-corrected chi connectivity index (χ3v) is 5.04. The van der Waals surface area contributed by atoms with Crippen LogP contribution < -0.4 is 5.14 Å². The number of alkyl halides is 3. The zero-order valence-electron chi connectivity index (χ0n) is 14.6. The van der Waals surface area contributed by atoms with E-state index in [2.05, 4.69) is 0 Å². The molecule has 2 aromatic carbocycles. The van der Waals surface area contributed by atoms with Gasteiger partial charge in [0.1, 0.15) is 0 Å². The summed E-state index contributed by atoms with van der Waals surface area (Å²) in [5.74, 6) is 0. The minimum Gasteiger partial charge on any atom is -0.316 e. The van der Waals surface area contributed by atoms with E-state index in [-0.39, 0.29) is 4.90 Å².